The lowest BCUT2D eigenvalue weighted by molar-refractivity contribution is 1.32. The van der Waals surface area contributed by atoms with Crippen molar-refractivity contribution in [2.24, 2.45) is 0 Å². The smallest absolute Gasteiger partial charge is 0.129 e. The van der Waals surface area contributed by atoms with Crippen molar-refractivity contribution >= 4 is 50.1 Å². The molecule has 17 heavy (non-hydrogen) atoms. The molecule has 0 aliphatic rings. The topological polar surface area (TPSA) is 50.7 Å². The lowest BCUT2D eigenvalue weighted by atomic mass is 10.2. The molecule has 0 aliphatic heterocycles. The number of rotatable bonds is 2. The van der Waals surface area contributed by atoms with Gasteiger partial charge in [0.05, 0.1) is 29.3 Å². The Kier molecular flexibility index (Phi) is 2.74. The van der Waals surface area contributed by atoms with Crippen molar-refractivity contribution in [2.45, 2.75) is 0 Å². The van der Waals surface area contributed by atoms with Gasteiger partial charge < -0.3 is 5.32 Å². The van der Waals surface area contributed by atoms with E-state index >= 15 is 0 Å². The van der Waals surface area contributed by atoms with Crippen LogP contribution in [0.2, 0.25) is 0 Å². The second kappa shape index (κ2) is 4.38. The number of hydrogen-bond acceptors (Lipinski definition) is 5. The molecule has 1 N–H and O–H groups in total. The van der Waals surface area contributed by atoms with Crippen LogP contribution in [0, 0.1) is 0 Å². The largest absolute Gasteiger partial charge is 0.352 e. The number of aromatic nitrogens is 3. The van der Waals surface area contributed by atoms with E-state index in [1.54, 1.807) is 12.4 Å². The van der Waals surface area contributed by atoms with E-state index in [9.17, 15) is 0 Å². The highest BCUT2D eigenvalue weighted by atomic mass is 79.9. The monoisotopic (exact) mass is 306 g/mol. The van der Waals surface area contributed by atoms with Crippen molar-refractivity contribution in [3.8, 4) is 0 Å². The summed E-state index contributed by atoms with van der Waals surface area (Å²) >= 11 is 4.67. The molecule has 3 rings (SSSR count). The molecule has 3 aromatic rings. The van der Waals surface area contributed by atoms with Crippen molar-refractivity contribution in [3.63, 3.8) is 0 Å². The molecule has 6 heteroatoms. The molecule has 0 unspecified atom stereocenters. The molecule has 1 aromatic carbocycles. The Morgan fingerprint density at radius 3 is 2.82 bits per heavy atom. The number of fused-ring (bicyclic) bond motifs is 1. The lowest BCUT2D eigenvalue weighted by Gasteiger charge is -2.06. The van der Waals surface area contributed by atoms with Gasteiger partial charge in [-0.1, -0.05) is 0 Å². The summed E-state index contributed by atoms with van der Waals surface area (Å²) in [5, 5.41) is 3.28. The molecule has 0 fully saturated rings. The third kappa shape index (κ3) is 2.01. The number of nitrogens with one attached hydrogen (secondary N) is 1. The summed E-state index contributed by atoms with van der Waals surface area (Å²) in [7, 11) is 0. The maximum Gasteiger partial charge on any atom is 0.129 e. The lowest BCUT2D eigenvalue weighted by Crippen LogP contribution is -1.92. The number of anilines is 2. The summed E-state index contributed by atoms with van der Waals surface area (Å²) in [6, 6.07) is 7.78. The summed E-state index contributed by atoms with van der Waals surface area (Å²) < 4.78 is 9.50. The van der Waals surface area contributed by atoms with Gasteiger partial charge in [0, 0.05) is 10.7 Å². The third-order valence-corrected chi connectivity index (χ3v) is 3.48. The number of nitrogens with zero attached hydrogens (tertiary/aromatic N) is 3. The SMILES string of the molecule is Brc1ccc(Nc2cccnc2)c2nsnc12. The maximum absolute atomic E-state index is 4.29. The molecule has 0 saturated heterocycles. The summed E-state index contributed by atoms with van der Waals surface area (Å²) in [6.45, 7) is 0. The van der Waals surface area contributed by atoms with Crippen molar-refractivity contribution < 1.29 is 0 Å². The van der Waals surface area contributed by atoms with Gasteiger partial charge in [-0.15, -0.1) is 0 Å². The van der Waals surface area contributed by atoms with Crippen molar-refractivity contribution in [2.75, 3.05) is 5.32 Å². The van der Waals surface area contributed by atoms with E-state index in [4.69, 9.17) is 0 Å². The minimum Gasteiger partial charge on any atom is -0.352 e. The first-order valence-corrected chi connectivity index (χ1v) is 6.45. The van der Waals surface area contributed by atoms with E-state index in [2.05, 4.69) is 35.0 Å². The van der Waals surface area contributed by atoms with Gasteiger partial charge in [-0.05, 0) is 40.2 Å². The van der Waals surface area contributed by atoms with Crippen LogP contribution in [0.15, 0.2) is 41.1 Å². The fourth-order valence-corrected chi connectivity index (χ4v) is 2.63. The maximum atomic E-state index is 4.29. The molecule has 0 aliphatic carbocycles. The van der Waals surface area contributed by atoms with Crippen molar-refractivity contribution in [3.05, 3.63) is 41.1 Å². The van der Waals surface area contributed by atoms with Gasteiger partial charge in [-0.3, -0.25) is 4.98 Å². The summed E-state index contributed by atoms with van der Waals surface area (Å²) in [4.78, 5) is 4.06. The zero-order valence-electron chi connectivity index (χ0n) is 8.59. The summed E-state index contributed by atoms with van der Waals surface area (Å²) in [5.41, 5.74) is 3.62. The van der Waals surface area contributed by atoms with Crippen LogP contribution in [0.3, 0.4) is 0 Å². The fourth-order valence-electron chi connectivity index (χ4n) is 1.53. The van der Waals surface area contributed by atoms with E-state index in [1.165, 1.54) is 11.7 Å². The Labute approximate surface area is 110 Å². The van der Waals surface area contributed by atoms with Gasteiger partial charge in [0.25, 0.3) is 0 Å². The van der Waals surface area contributed by atoms with E-state index in [-0.39, 0.29) is 0 Å². The Morgan fingerprint density at radius 2 is 2.00 bits per heavy atom. The van der Waals surface area contributed by atoms with Crippen LogP contribution in [0.5, 0.6) is 0 Å². The van der Waals surface area contributed by atoms with E-state index in [0.717, 1.165) is 26.9 Å². The van der Waals surface area contributed by atoms with Gasteiger partial charge in [-0.2, -0.15) is 8.75 Å². The van der Waals surface area contributed by atoms with Gasteiger partial charge in [0.2, 0.25) is 0 Å². The van der Waals surface area contributed by atoms with Gasteiger partial charge in [0.1, 0.15) is 11.0 Å². The minimum absolute atomic E-state index is 0.869. The standard InChI is InChI=1S/C11H7BrN4S/c12-8-3-4-9(11-10(8)15-17-16-11)14-7-2-1-5-13-6-7/h1-6,14H. The molecule has 0 spiro atoms. The van der Waals surface area contributed by atoms with E-state index in [0.29, 0.717) is 0 Å². The van der Waals surface area contributed by atoms with E-state index < -0.39 is 0 Å². The molecule has 0 saturated carbocycles. The highest BCUT2D eigenvalue weighted by Gasteiger charge is 2.08. The number of halogens is 1. The van der Waals surface area contributed by atoms with Crippen LogP contribution in [-0.4, -0.2) is 13.7 Å². The number of hydrogen-bond donors (Lipinski definition) is 1. The molecular weight excluding hydrogens is 300 g/mol. The van der Waals surface area contributed by atoms with Crippen LogP contribution in [0.25, 0.3) is 11.0 Å². The molecule has 4 nitrogen and oxygen atoms in total. The highest BCUT2D eigenvalue weighted by molar-refractivity contribution is 9.10. The second-order valence-corrected chi connectivity index (χ2v) is 4.81. The quantitative estimate of drug-likeness (QED) is 0.786. The Hall–Kier alpha value is -1.53. The highest BCUT2D eigenvalue weighted by Crippen LogP contribution is 2.30. The number of benzene rings is 1. The number of pyridine rings is 1. The molecular formula is C11H7BrN4S. The molecule has 0 radical (unpaired) electrons. The van der Waals surface area contributed by atoms with Crippen molar-refractivity contribution in [1.82, 2.24) is 13.7 Å². The Bertz CT molecular complexity index is 653. The molecule has 84 valence electrons. The average molecular weight is 307 g/mol. The van der Waals surface area contributed by atoms with Crippen LogP contribution < -0.4 is 5.32 Å². The predicted molar refractivity (Wildman–Crippen MR) is 72.6 cm³/mol. The first-order chi connectivity index (χ1) is 8.34. The second-order valence-electron chi connectivity index (χ2n) is 3.42. The van der Waals surface area contributed by atoms with Crippen LogP contribution >= 0.6 is 27.7 Å². The summed E-state index contributed by atoms with van der Waals surface area (Å²) in [5.74, 6) is 0. The summed E-state index contributed by atoms with van der Waals surface area (Å²) in [6.07, 6.45) is 3.51. The first kappa shape index (κ1) is 10.6. The Morgan fingerprint density at radius 1 is 1.12 bits per heavy atom. The normalized spacial score (nSPS) is 10.6. The first-order valence-electron chi connectivity index (χ1n) is 4.92. The minimum atomic E-state index is 0.869. The zero-order valence-corrected chi connectivity index (χ0v) is 11.0. The molecule has 0 amide bonds. The third-order valence-electron chi connectivity index (χ3n) is 2.31. The predicted octanol–water partition coefficient (Wildman–Crippen LogP) is 3.59. The van der Waals surface area contributed by atoms with Crippen molar-refractivity contribution in [1.29, 1.82) is 0 Å². The van der Waals surface area contributed by atoms with Gasteiger partial charge >= 0.3 is 0 Å². The van der Waals surface area contributed by atoms with Gasteiger partial charge in [-0.25, -0.2) is 0 Å². The van der Waals surface area contributed by atoms with Crippen LogP contribution in [0.1, 0.15) is 0 Å². The van der Waals surface area contributed by atoms with Crippen LogP contribution in [-0.2, 0) is 0 Å². The Balaban J connectivity index is 2.07. The molecule has 0 atom stereocenters. The average Bonchev–Trinajstić information content (AvgIpc) is 2.84. The van der Waals surface area contributed by atoms with Gasteiger partial charge in [0.15, 0.2) is 0 Å². The van der Waals surface area contributed by atoms with E-state index in [1.807, 2.05) is 24.3 Å². The molecule has 2 aromatic heterocycles. The molecule has 2 heterocycles. The fraction of sp³-hybridized carbons (Fsp3) is 0. The molecule has 0 bridgehead atoms. The zero-order chi connectivity index (χ0) is 11.7. The van der Waals surface area contributed by atoms with Crippen LogP contribution in [0.4, 0.5) is 11.4 Å².